The molecule has 3 rings (SSSR count). The Morgan fingerprint density at radius 1 is 1.23 bits per heavy atom. The Labute approximate surface area is 154 Å². The van der Waals surface area contributed by atoms with Gasteiger partial charge < -0.3 is 14.8 Å². The summed E-state index contributed by atoms with van der Waals surface area (Å²) in [6, 6.07) is 11.2. The molecule has 5 nitrogen and oxygen atoms in total. The van der Waals surface area contributed by atoms with Gasteiger partial charge in [0.05, 0.1) is 18.3 Å². The van der Waals surface area contributed by atoms with Gasteiger partial charge in [-0.1, -0.05) is 18.2 Å². The van der Waals surface area contributed by atoms with Crippen molar-refractivity contribution >= 4 is 17.2 Å². The number of rotatable bonds is 7. The van der Waals surface area contributed by atoms with Gasteiger partial charge in [0.15, 0.2) is 11.5 Å². The number of hydrogen-bond donors (Lipinski definition) is 1. The largest absolute Gasteiger partial charge is 0.493 e. The summed E-state index contributed by atoms with van der Waals surface area (Å²) in [6.07, 6.45) is 0. The zero-order chi connectivity index (χ0) is 18.4. The topological polar surface area (TPSA) is 60.5 Å². The number of halogens is 1. The molecule has 0 unspecified atom stereocenters. The molecule has 26 heavy (non-hydrogen) atoms. The lowest BCUT2D eigenvalue weighted by Crippen LogP contribution is -2.23. The Morgan fingerprint density at radius 3 is 2.81 bits per heavy atom. The smallest absolute Gasteiger partial charge is 0.251 e. The second kappa shape index (κ2) is 8.44. The molecule has 0 saturated heterocycles. The second-order valence-corrected chi connectivity index (χ2v) is 6.13. The zero-order valence-electron chi connectivity index (χ0n) is 14.1. The van der Waals surface area contributed by atoms with Crippen LogP contribution < -0.4 is 14.8 Å². The van der Waals surface area contributed by atoms with E-state index in [1.165, 1.54) is 24.5 Å². The molecule has 2 aromatic carbocycles. The average molecular weight is 372 g/mol. The van der Waals surface area contributed by atoms with Crippen molar-refractivity contribution in [3.63, 3.8) is 0 Å². The highest BCUT2D eigenvalue weighted by Crippen LogP contribution is 2.29. The average Bonchev–Trinajstić information content (AvgIpc) is 3.19. The summed E-state index contributed by atoms with van der Waals surface area (Å²) in [4.78, 5) is 16.5. The van der Waals surface area contributed by atoms with Crippen LogP contribution in [0.1, 0.15) is 21.6 Å². The second-order valence-electron chi connectivity index (χ2n) is 5.41. The summed E-state index contributed by atoms with van der Waals surface area (Å²) >= 11 is 1.49. The fourth-order valence-electron chi connectivity index (χ4n) is 2.31. The monoisotopic (exact) mass is 372 g/mol. The minimum atomic E-state index is -0.351. The molecule has 1 heterocycles. The van der Waals surface area contributed by atoms with Crippen LogP contribution in [0.2, 0.25) is 0 Å². The summed E-state index contributed by atoms with van der Waals surface area (Å²) in [5.41, 5.74) is 3.39. The van der Waals surface area contributed by atoms with Crippen molar-refractivity contribution in [3.8, 4) is 11.5 Å². The molecule has 3 aromatic rings. The predicted octanol–water partition coefficient (Wildman–Crippen LogP) is 3.80. The van der Waals surface area contributed by atoms with E-state index in [1.54, 1.807) is 41.9 Å². The van der Waals surface area contributed by atoms with Crippen molar-refractivity contribution in [1.82, 2.24) is 10.3 Å². The van der Waals surface area contributed by atoms with Crippen molar-refractivity contribution in [2.24, 2.45) is 0 Å². The number of carbonyl (C=O) groups excluding carboxylic acids is 1. The first kappa shape index (κ1) is 17.9. The summed E-state index contributed by atoms with van der Waals surface area (Å²) in [7, 11) is 1.51. The molecule has 0 aliphatic carbocycles. The van der Waals surface area contributed by atoms with Crippen molar-refractivity contribution in [1.29, 1.82) is 0 Å². The van der Waals surface area contributed by atoms with E-state index in [4.69, 9.17) is 9.47 Å². The highest BCUT2D eigenvalue weighted by Gasteiger charge is 2.12. The van der Waals surface area contributed by atoms with Crippen LogP contribution in [0.4, 0.5) is 4.39 Å². The molecule has 134 valence electrons. The normalized spacial score (nSPS) is 10.4. The number of carbonyl (C=O) groups is 1. The molecule has 0 bridgehead atoms. The lowest BCUT2D eigenvalue weighted by molar-refractivity contribution is 0.0950. The van der Waals surface area contributed by atoms with E-state index in [2.05, 4.69) is 10.3 Å². The molecular weight excluding hydrogens is 355 g/mol. The SMILES string of the molecule is COc1cc(C(=O)NCc2ccccc2F)ccc1OCc1cscn1. The Bertz CT molecular complexity index is 884. The first-order valence-corrected chi connectivity index (χ1v) is 8.81. The maximum absolute atomic E-state index is 13.6. The first-order valence-electron chi connectivity index (χ1n) is 7.87. The number of nitrogens with zero attached hydrogens (tertiary/aromatic N) is 1. The molecule has 0 atom stereocenters. The van der Waals surface area contributed by atoms with Gasteiger partial charge in [-0.15, -0.1) is 11.3 Å². The zero-order valence-corrected chi connectivity index (χ0v) is 14.9. The van der Waals surface area contributed by atoms with Gasteiger partial charge in [0.1, 0.15) is 12.4 Å². The molecule has 1 N–H and O–H groups in total. The molecule has 1 amide bonds. The van der Waals surface area contributed by atoms with Crippen LogP contribution in [-0.2, 0) is 13.2 Å². The standard InChI is InChI=1S/C19H17FN2O3S/c1-24-18-8-13(6-7-17(18)25-10-15-11-26-12-22-15)19(23)21-9-14-4-2-3-5-16(14)20/h2-8,11-12H,9-10H2,1H3,(H,21,23). The molecule has 0 radical (unpaired) electrons. The fourth-order valence-corrected chi connectivity index (χ4v) is 2.85. The third-order valence-corrected chi connectivity index (χ3v) is 4.32. The minimum Gasteiger partial charge on any atom is -0.493 e. The van der Waals surface area contributed by atoms with Crippen LogP contribution in [0.25, 0.3) is 0 Å². The van der Waals surface area contributed by atoms with Gasteiger partial charge in [-0.3, -0.25) is 4.79 Å². The van der Waals surface area contributed by atoms with E-state index in [1.807, 2.05) is 5.38 Å². The van der Waals surface area contributed by atoms with Gasteiger partial charge in [-0.05, 0) is 24.3 Å². The van der Waals surface area contributed by atoms with Gasteiger partial charge in [-0.25, -0.2) is 9.37 Å². The minimum absolute atomic E-state index is 0.107. The van der Waals surface area contributed by atoms with Gasteiger partial charge >= 0.3 is 0 Å². The van der Waals surface area contributed by atoms with E-state index in [-0.39, 0.29) is 18.3 Å². The third-order valence-electron chi connectivity index (χ3n) is 3.68. The quantitative estimate of drug-likeness (QED) is 0.685. The highest BCUT2D eigenvalue weighted by atomic mass is 32.1. The lowest BCUT2D eigenvalue weighted by Gasteiger charge is -2.12. The number of aromatic nitrogens is 1. The van der Waals surface area contributed by atoms with E-state index < -0.39 is 0 Å². The van der Waals surface area contributed by atoms with Crippen LogP contribution >= 0.6 is 11.3 Å². The molecule has 1 aromatic heterocycles. The molecule has 0 saturated carbocycles. The van der Waals surface area contributed by atoms with Crippen LogP contribution in [0.15, 0.2) is 53.4 Å². The molecule has 7 heteroatoms. The van der Waals surface area contributed by atoms with Gasteiger partial charge in [0.25, 0.3) is 5.91 Å². The summed E-state index contributed by atoms with van der Waals surface area (Å²) in [5, 5.41) is 4.60. The Morgan fingerprint density at radius 2 is 2.08 bits per heavy atom. The van der Waals surface area contributed by atoms with Gasteiger partial charge in [0.2, 0.25) is 0 Å². The summed E-state index contributed by atoms with van der Waals surface area (Å²) < 4.78 is 24.6. The number of nitrogens with one attached hydrogen (secondary N) is 1. The van der Waals surface area contributed by atoms with E-state index >= 15 is 0 Å². The van der Waals surface area contributed by atoms with Crippen LogP contribution in [0.3, 0.4) is 0 Å². The maximum atomic E-state index is 13.6. The Hall–Kier alpha value is -2.93. The third kappa shape index (κ3) is 4.37. The van der Waals surface area contributed by atoms with Crippen LogP contribution in [0.5, 0.6) is 11.5 Å². The Kier molecular flexibility index (Phi) is 5.80. The van der Waals surface area contributed by atoms with E-state index in [9.17, 15) is 9.18 Å². The van der Waals surface area contributed by atoms with Crippen LogP contribution in [0, 0.1) is 5.82 Å². The predicted molar refractivity (Wildman–Crippen MR) is 97.0 cm³/mol. The summed E-state index contributed by atoms with van der Waals surface area (Å²) in [5.74, 6) is 0.290. The molecular formula is C19H17FN2O3S. The van der Waals surface area contributed by atoms with Crippen molar-refractivity contribution in [2.75, 3.05) is 7.11 Å². The maximum Gasteiger partial charge on any atom is 0.251 e. The van der Waals surface area contributed by atoms with Crippen LogP contribution in [-0.4, -0.2) is 18.0 Å². The van der Waals surface area contributed by atoms with Gasteiger partial charge in [0, 0.05) is 23.1 Å². The fraction of sp³-hybridized carbons (Fsp3) is 0.158. The lowest BCUT2D eigenvalue weighted by atomic mass is 10.1. The van der Waals surface area contributed by atoms with Crippen molar-refractivity contribution in [2.45, 2.75) is 13.2 Å². The van der Waals surface area contributed by atoms with E-state index in [0.717, 1.165) is 5.69 Å². The molecule has 0 aliphatic rings. The highest BCUT2D eigenvalue weighted by molar-refractivity contribution is 7.07. The number of methoxy groups -OCH3 is 1. The van der Waals surface area contributed by atoms with Crippen molar-refractivity contribution in [3.05, 3.63) is 76.0 Å². The Balaban J connectivity index is 1.66. The molecule has 0 aliphatic heterocycles. The summed E-state index contributed by atoms with van der Waals surface area (Å²) in [6.45, 7) is 0.425. The number of benzene rings is 2. The first-order chi connectivity index (χ1) is 12.7. The number of hydrogen-bond acceptors (Lipinski definition) is 5. The number of amides is 1. The number of ether oxygens (including phenoxy) is 2. The van der Waals surface area contributed by atoms with E-state index in [0.29, 0.717) is 29.2 Å². The van der Waals surface area contributed by atoms with Crippen molar-refractivity contribution < 1.29 is 18.7 Å². The van der Waals surface area contributed by atoms with Gasteiger partial charge in [-0.2, -0.15) is 0 Å². The molecule has 0 fully saturated rings. The number of thiazole rings is 1. The molecule has 0 spiro atoms.